The molecule has 4 saturated heterocycles. The summed E-state index contributed by atoms with van der Waals surface area (Å²) in [5.74, 6) is -7.90. The van der Waals surface area contributed by atoms with Crippen molar-refractivity contribution in [3.05, 3.63) is 48.0 Å². The minimum absolute atomic E-state index is 0.0130. The molecule has 23 atom stereocenters. The summed E-state index contributed by atoms with van der Waals surface area (Å²) in [4.78, 5) is 59.0. The molecule has 4 aliphatic rings. The number of aliphatic hydroxyl groups excluding tert-OH is 3. The molecule has 4 fully saturated rings. The highest BCUT2D eigenvalue weighted by Crippen LogP contribution is 2.41. The number of hydrogen-bond acceptors (Lipinski definition) is 19. The molecule has 0 spiro atoms. The first-order valence-electron chi connectivity index (χ1n) is 27.4. The van der Waals surface area contributed by atoms with Gasteiger partial charge in [0.15, 0.2) is 30.3 Å². The van der Waals surface area contributed by atoms with Gasteiger partial charge >= 0.3 is 18.0 Å². The molecular formula is C57H91NO19. The van der Waals surface area contributed by atoms with Gasteiger partial charge in [0.05, 0.1) is 54.6 Å². The maximum absolute atomic E-state index is 15.7. The van der Waals surface area contributed by atoms with E-state index >= 15 is 9.59 Å². The van der Waals surface area contributed by atoms with Crippen LogP contribution < -0.4 is 5.32 Å². The molecule has 0 radical (unpaired) electrons. The molecular weight excluding hydrogens is 1000 g/mol. The summed E-state index contributed by atoms with van der Waals surface area (Å²) < 4.78 is 69.2. The fourth-order valence-corrected chi connectivity index (χ4v) is 11.6. The van der Waals surface area contributed by atoms with E-state index in [1.165, 1.54) is 28.1 Å². The first-order chi connectivity index (χ1) is 36.0. The van der Waals surface area contributed by atoms with E-state index in [0.29, 0.717) is 12.0 Å². The molecule has 0 bridgehead atoms. The van der Waals surface area contributed by atoms with Crippen LogP contribution in [-0.4, -0.2) is 168 Å². The smallest absolute Gasteiger partial charge is 0.408 e. The summed E-state index contributed by atoms with van der Waals surface area (Å²) in [6, 6.07) is 9.15. The van der Waals surface area contributed by atoms with Crippen LogP contribution in [0.4, 0.5) is 4.79 Å². The van der Waals surface area contributed by atoms with Gasteiger partial charge in [0.1, 0.15) is 42.7 Å². The van der Waals surface area contributed by atoms with Gasteiger partial charge in [-0.1, -0.05) is 85.4 Å². The van der Waals surface area contributed by atoms with E-state index in [9.17, 15) is 30.0 Å². The van der Waals surface area contributed by atoms with Crippen molar-refractivity contribution >= 4 is 23.8 Å². The van der Waals surface area contributed by atoms with E-state index < -0.39 is 163 Å². The van der Waals surface area contributed by atoms with Crippen LogP contribution in [0.5, 0.6) is 0 Å². The third-order valence-corrected chi connectivity index (χ3v) is 15.9. The minimum Gasteiger partial charge on any atom is -0.461 e. The number of esters is 2. The number of ether oxygens (including phenoxy) is 11. The van der Waals surface area contributed by atoms with E-state index in [1.807, 2.05) is 51.1 Å². The molecule has 77 heavy (non-hydrogen) atoms. The summed E-state index contributed by atoms with van der Waals surface area (Å²) in [6.45, 7) is 26.0. The standard InChI is InChI=1S/C57H91NO19/c1-28(2)22-40(59)73-46-34(8)45(31(5)27-69-54-49(68-16)48(67-15)43(61)37(11)72-54)75-52(64)36(10)47(74-41-25-56(13,66)51(63)38(12)71-41)33(7)44(76-53-42(60)29(3)23-32(6)70-53)30(4)24-57(14,50(62)35(46)9)77-55(65)58-26-39-20-18-17-19-21-39/h17-21,28,30-38,41-49,51,53-54,60-61,63,66H,3,22-27H2,1-2,4-16H3,(H,58,65)/t30-,31-,32+,33+,34-,35+,36+,37+,38-,41-,42+,43+,44-,45+,46+,47-,48+,49+,51-,53-,54+,56+,57-/m0/s1. The molecule has 20 nitrogen and oxygen atoms in total. The van der Waals surface area contributed by atoms with Crippen molar-refractivity contribution in [3.8, 4) is 0 Å². The fourth-order valence-electron chi connectivity index (χ4n) is 11.6. The van der Waals surface area contributed by atoms with Crippen molar-refractivity contribution in [2.75, 3.05) is 20.8 Å². The first kappa shape index (κ1) is 64.2. The van der Waals surface area contributed by atoms with Gasteiger partial charge in [0, 0.05) is 51.4 Å². The Morgan fingerprint density at radius 3 is 2.05 bits per heavy atom. The van der Waals surface area contributed by atoms with E-state index in [-0.39, 0.29) is 38.3 Å². The average molecular weight is 1090 g/mol. The highest BCUT2D eigenvalue weighted by Gasteiger charge is 2.53. The quantitative estimate of drug-likeness (QED) is 0.0772. The Morgan fingerprint density at radius 1 is 0.792 bits per heavy atom. The lowest BCUT2D eigenvalue weighted by Crippen LogP contribution is -2.59. The van der Waals surface area contributed by atoms with Crippen LogP contribution in [0, 0.1) is 41.4 Å². The van der Waals surface area contributed by atoms with Crippen molar-refractivity contribution in [1.29, 1.82) is 0 Å². The molecule has 0 saturated carbocycles. The Hall–Kier alpha value is -3.64. The van der Waals surface area contributed by atoms with Crippen LogP contribution in [0.3, 0.4) is 0 Å². The van der Waals surface area contributed by atoms with E-state index in [4.69, 9.17) is 52.1 Å². The Kier molecular flexibility index (Phi) is 23.1. The van der Waals surface area contributed by atoms with E-state index in [1.54, 1.807) is 55.4 Å². The van der Waals surface area contributed by atoms with Gasteiger partial charge in [-0.05, 0) is 77.4 Å². The number of amides is 1. The maximum Gasteiger partial charge on any atom is 0.408 e. The molecule has 0 unspecified atom stereocenters. The summed E-state index contributed by atoms with van der Waals surface area (Å²) in [5.41, 5.74) is -2.42. The van der Waals surface area contributed by atoms with E-state index in [2.05, 4.69) is 11.9 Å². The molecule has 5 rings (SSSR count). The van der Waals surface area contributed by atoms with Gasteiger partial charge in [0.25, 0.3) is 0 Å². The number of nitrogens with one attached hydrogen (secondary N) is 1. The molecule has 4 aliphatic heterocycles. The zero-order chi connectivity index (χ0) is 57.4. The summed E-state index contributed by atoms with van der Waals surface area (Å²) in [7, 11) is 2.87. The highest BCUT2D eigenvalue weighted by molar-refractivity contribution is 5.91. The predicted molar refractivity (Wildman–Crippen MR) is 279 cm³/mol. The van der Waals surface area contributed by atoms with Crippen molar-refractivity contribution in [2.45, 2.75) is 226 Å². The summed E-state index contributed by atoms with van der Waals surface area (Å²) in [5, 5.41) is 47.6. The first-order valence-corrected chi connectivity index (χ1v) is 27.4. The van der Waals surface area contributed by atoms with Gasteiger partial charge < -0.3 is 77.8 Å². The molecule has 20 heteroatoms. The van der Waals surface area contributed by atoms with Gasteiger partial charge in [0.2, 0.25) is 0 Å². The number of alkyl carbamates (subject to hydrolysis) is 1. The lowest BCUT2D eigenvalue weighted by atomic mass is 9.74. The van der Waals surface area contributed by atoms with Crippen LogP contribution in [0.25, 0.3) is 0 Å². The lowest BCUT2D eigenvalue weighted by molar-refractivity contribution is -0.305. The van der Waals surface area contributed by atoms with Crippen LogP contribution in [0.1, 0.15) is 121 Å². The van der Waals surface area contributed by atoms with Crippen molar-refractivity contribution in [1.82, 2.24) is 5.32 Å². The minimum atomic E-state index is -1.98. The number of Topliss-reactive ketones (excluding diaryl/α,β-unsaturated/α-hetero) is 1. The zero-order valence-electron chi connectivity index (χ0n) is 48.0. The van der Waals surface area contributed by atoms with E-state index in [0.717, 1.165) is 5.56 Å². The predicted octanol–water partition coefficient (Wildman–Crippen LogP) is 5.55. The normalized spacial score (nSPS) is 41.2. The Morgan fingerprint density at radius 2 is 1.44 bits per heavy atom. The average Bonchev–Trinajstić information content (AvgIpc) is 3.36. The fraction of sp³-hybridized carbons (Fsp3) is 0.789. The van der Waals surface area contributed by atoms with Crippen LogP contribution >= 0.6 is 0 Å². The second-order valence-electron chi connectivity index (χ2n) is 23.3. The second-order valence-corrected chi connectivity index (χ2v) is 23.3. The Bertz CT molecular complexity index is 2090. The molecule has 4 heterocycles. The SMILES string of the molecule is C=C1C[C@@H](C)O[C@@H](O[C@@H]2[C@@H](C)[C@H](O[C@H]3C[C@@](C)(O)[C@@H](O)[C@H](C)O3)[C@@H](C)C(=O)O[C@H]([C@@H](C)CO[C@@H]3O[C@H](C)[C@@H](O)[C@@H](OC)[C@H]3OC)[C@H](C)[C@@H](OC(=O)CC(C)C)[C@@H](C)C(=O)[C@@](C)(OC(=O)NCc3ccccc3)C[C@@H]2C)[C@@H]1O. The largest absolute Gasteiger partial charge is 0.461 e. The molecule has 1 aromatic rings. The zero-order valence-corrected chi connectivity index (χ0v) is 48.0. The number of aliphatic hydroxyl groups is 4. The second kappa shape index (κ2) is 27.7. The van der Waals surface area contributed by atoms with Gasteiger partial charge in [-0.15, -0.1) is 0 Å². The Balaban J connectivity index is 1.69. The van der Waals surface area contributed by atoms with Crippen LogP contribution in [-0.2, 0) is 73.0 Å². The molecule has 0 aromatic heterocycles. The van der Waals surface area contributed by atoms with Gasteiger partial charge in [-0.3, -0.25) is 14.4 Å². The maximum atomic E-state index is 15.7. The number of rotatable bonds is 16. The number of methoxy groups -OCH3 is 2. The number of carbonyl (C=O) groups excluding carboxylic acids is 4. The molecule has 438 valence electrons. The number of ketones is 1. The summed E-state index contributed by atoms with van der Waals surface area (Å²) >= 11 is 0. The lowest BCUT2D eigenvalue weighted by Gasteiger charge is -2.46. The molecule has 0 aliphatic carbocycles. The third kappa shape index (κ3) is 16.1. The topological polar surface area (TPSA) is 263 Å². The number of hydrogen-bond donors (Lipinski definition) is 5. The number of cyclic esters (lactones) is 1. The van der Waals surface area contributed by atoms with Crippen molar-refractivity contribution in [2.24, 2.45) is 41.4 Å². The number of carbonyl (C=O) groups is 4. The number of benzene rings is 1. The van der Waals surface area contributed by atoms with Gasteiger partial charge in [-0.2, -0.15) is 0 Å². The summed E-state index contributed by atoms with van der Waals surface area (Å²) in [6.07, 6.45) is -16.6. The third-order valence-electron chi connectivity index (χ3n) is 15.9. The molecule has 1 aromatic carbocycles. The van der Waals surface area contributed by atoms with Crippen molar-refractivity contribution in [3.63, 3.8) is 0 Å². The van der Waals surface area contributed by atoms with Crippen LogP contribution in [0.2, 0.25) is 0 Å². The molecule has 1 amide bonds. The Labute approximate surface area is 455 Å². The highest BCUT2D eigenvalue weighted by atomic mass is 16.7. The van der Waals surface area contributed by atoms with Gasteiger partial charge in [-0.25, -0.2) is 4.79 Å². The van der Waals surface area contributed by atoms with Crippen LogP contribution in [0.15, 0.2) is 42.5 Å². The van der Waals surface area contributed by atoms with Crippen molar-refractivity contribution < 1.29 is 91.7 Å². The monoisotopic (exact) mass is 1090 g/mol. The molecule has 5 N–H and O–H groups in total.